The third-order valence-electron chi connectivity index (χ3n) is 5.68. The van der Waals surface area contributed by atoms with Crippen LogP contribution in [-0.2, 0) is 28.1 Å². The first-order valence-corrected chi connectivity index (χ1v) is 11.1. The fraction of sp³-hybridized carbons (Fsp3) is 0.586. The lowest BCUT2D eigenvalue weighted by Gasteiger charge is -2.27. The predicted molar refractivity (Wildman–Crippen MR) is 129 cm³/mol. The Bertz CT molecular complexity index is 715. The summed E-state index contributed by atoms with van der Waals surface area (Å²) in [6.07, 6.45) is 0.966. The Balaban J connectivity index is 2.61. The van der Waals surface area contributed by atoms with Gasteiger partial charge in [0.2, 0.25) is 0 Å². The van der Waals surface area contributed by atoms with Crippen LogP contribution in [0.15, 0.2) is 30.3 Å². The number of benzene rings is 2. The van der Waals surface area contributed by atoms with Crippen molar-refractivity contribution >= 4 is 0 Å². The number of hydrogen-bond donors (Lipinski definition) is 0. The maximum atomic E-state index is 3.72. The average molecular weight is 392 g/mol. The Morgan fingerprint density at radius 1 is 0.483 bits per heavy atom. The summed E-state index contributed by atoms with van der Waals surface area (Å²) in [5.41, 5.74) is 8.76. The molecule has 2 rings (SSSR count). The molecule has 0 amide bonds. The molecule has 0 unspecified atom stereocenters. The molecule has 0 heterocycles. The quantitative estimate of drug-likeness (QED) is 0.483. The first-order valence-electron chi connectivity index (χ1n) is 11.1. The summed E-state index contributed by atoms with van der Waals surface area (Å²) in [5, 5.41) is 0. The molecule has 0 fully saturated rings. The Kier molecular flexibility index (Phi) is 6.22. The zero-order valence-corrected chi connectivity index (χ0v) is 21.1. The van der Waals surface area contributed by atoms with E-state index in [0.29, 0.717) is 0 Å². The monoisotopic (exact) mass is 391 g/mol. The normalized spacial score (nSPS) is 13.7. The molecule has 2 aromatic carbocycles. The molecule has 0 N–H and O–H groups in total. The van der Waals surface area contributed by atoms with Crippen molar-refractivity contribution in [2.75, 3.05) is 0 Å². The van der Waals surface area contributed by atoms with Crippen molar-refractivity contribution in [3.63, 3.8) is 0 Å². The molecular formula is C29H43. The first kappa shape index (κ1) is 23.7. The molecule has 0 aromatic heterocycles. The van der Waals surface area contributed by atoms with Crippen molar-refractivity contribution in [1.82, 2.24) is 0 Å². The van der Waals surface area contributed by atoms with E-state index < -0.39 is 0 Å². The Morgan fingerprint density at radius 3 is 1.14 bits per heavy atom. The van der Waals surface area contributed by atoms with Gasteiger partial charge in [-0.15, -0.1) is 0 Å². The molecule has 0 aliphatic carbocycles. The highest BCUT2D eigenvalue weighted by molar-refractivity contribution is 5.42. The zero-order chi connectivity index (χ0) is 22.4. The van der Waals surface area contributed by atoms with Crippen molar-refractivity contribution < 1.29 is 0 Å². The van der Waals surface area contributed by atoms with Crippen LogP contribution in [0.2, 0.25) is 0 Å². The minimum Gasteiger partial charge on any atom is -0.0561 e. The summed E-state index contributed by atoms with van der Waals surface area (Å²) in [7, 11) is 0. The highest BCUT2D eigenvalue weighted by Gasteiger charge is 2.23. The van der Waals surface area contributed by atoms with Crippen LogP contribution < -0.4 is 0 Å². The van der Waals surface area contributed by atoms with Gasteiger partial charge in [-0.05, 0) is 67.5 Å². The fourth-order valence-electron chi connectivity index (χ4n) is 3.44. The summed E-state index contributed by atoms with van der Waals surface area (Å²) in [6, 6.07) is 15.7. The van der Waals surface area contributed by atoms with Crippen molar-refractivity contribution in [3.8, 4) is 0 Å². The molecule has 2 aromatic rings. The SMILES string of the molecule is CC(C)(C)c1[c]c(C(C)(C)C)cc(Cc2cc(C(C)(C)C)cc(C(C)(C)C)c2)c1. The second-order valence-corrected chi connectivity index (χ2v) is 12.9. The average Bonchev–Trinajstić information content (AvgIpc) is 2.51. The van der Waals surface area contributed by atoms with Gasteiger partial charge < -0.3 is 0 Å². The summed E-state index contributed by atoms with van der Waals surface area (Å²) in [4.78, 5) is 0. The molecule has 0 aliphatic rings. The van der Waals surface area contributed by atoms with Gasteiger partial charge in [0, 0.05) is 0 Å². The van der Waals surface area contributed by atoms with Crippen molar-refractivity contribution in [2.45, 2.75) is 111 Å². The standard InChI is InChI=1S/C29H43/c1-26(2,3)22-14-20(15-23(18-22)27(4,5)6)13-21-16-24(28(7,8)9)19-25(17-21)29(10,11)12/h14-18H,13H2,1-12H3. The lowest BCUT2D eigenvalue weighted by molar-refractivity contribution is 0.564. The van der Waals surface area contributed by atoms with Gasteiger partial charge in [0.25, 0.3) is 0 Å². The summed E-state index contributed by atoms with van der Waals surface area (Å²) in [6.45, 7) is 27.6. The molecule has 0 saturated carbocycles. The van der Waals surface area contributed by atoms with E-state index in [-0.39, 0.29) is 21.7 Å². The molecule has 1 radical (unpaired) electrons. The molecule has 0 atom stereocenters. The zero-order valence-electron chi connectivity index (χ0n) is 21.1. The minimum absolute atomic E-state index is 0.0971. The summed E-state index contributed by atoms with van der Waals surface area (Å²) >= 11 is 0. The van der Waals surface area contributed by atoms with Crippen LogP contribution in [0.4, 0.5) is 0 Å². The molecule has 0 spiro atoms. The van der Waals surface area contributed by atoms with Gasteiger partial charge in [-0.2, -0.15) is 0 Å². The Hall–Kier alpha value is -1.56. The van der Waals surface area contributed by atoms with Gasteiger partial charge in [0.15, 0.2) is 0 Å². The van der Waals surface area contributed by atoms with Crippen LogP contribution in [-0.4, -0.2) is 0 Å². The largest absolute Gasteiger partial charge is 0.0561 e. The summed E-state index contributed by atoms with van der Waals surface area (Å²) < 4.78 is 0. The molecular weight excluding hydrogens is 348 g/mol. The van der Waals surface area contributed by atoms with Gasteiger partial charge in [-0.1, -0.05) is 113 Å². The molecule has 0 heteroatoms. The van der Waals surface area contributed by atoms with E-state index in [4.69, 9.17) is 0 Å². The summed E-state index contributed by atoms with van der Waals surface area (Å²) in [5.74, 6) is 0. The van der Waals surface area contributed by atoms with Crippen molar-refractivity contribution in [1.29, 1.82) is 0 Å². The number of rotatable bonds is 2. The lowest BCUT2D eigenvalue weighted by Crippen LogP contribution is -2.18. The van der Waals surface area contributed by atoms with E-state index >= 15 is 0 Å². The topological polar surface area (TPSA) is 0 Å². The van der Waals surface area contributed by atoms with Crippen LogP contribution in [0.1, 0.15) is 116 Å². The highest BCUT2D eigenvalue weighted by atomic mass is 14.3. The van der Waals surface area contributed by atoms with Gasteiger partial charge in [-0.3, -0.25) is 0 Å². The second kappa shape index (κ2) is 7.60. The van der Waals surface area contributed by atoms with Gasteiger partial charge in [0.1, 0.15) is 0 Å². The van der Waals surface area contributed by atoms with E-state index in [1.54, 1.807) is 0 Å². The number of hydrogen-bond acceptors (Lipinski definition) is 0. The van der Waals surface area contributed by atoms with E-state index in [0.717, 1.165) is 6.42 Å². The maximum Gasteiger partial charge on any atom is -0.00253 e. The smallest absolute Gasteiger partial charge is 0.00253 e. The molecule has 0 bridgehead atoms. The maximum absolute atomic E-state index is 3.72. The first-order chi connectivity index (χ1) is 12.9. The fourth-order valence-corrected chi connectivity index (χ4v) is 3.44. The van der Waals surface area contributed by atoms with Crippen LogP contribution in [0.25, 0.3) is 0 Å². The Morgan fingerprint density at radius 2 is 0.828 bits per heavy atom. The third kappa shape index (κ3) is 6.21. The van der Waals surface area contributed by atoms with Crippen LogP contribution in [0.5, 0.6) is 0 Å². The molecule has 0 aliphatic heterocycles. The third-order valence-corrected chi connectivity index (χ3v) is 5.68. The van der Waals surface area contributed by atoms with E-state index in [9.17, 15) is 0 Å². The predicted octanol–water partition coefficient (Wildman–Crippen LogP) is 8.27. The van der Waals surface area contributed by atoms with Gasteiger partial charge in [0.05, 0.1) is 0 Å². The minimum atomic E-state index is 0.0971. The lowest BCUT2D eigenvalue weighted by atomic mass is 9.77. The second-order valence-electron chi connectivity index (χ2n) is 12.9. The van der Waals surface area contributed by atoms with Crippen molar-refractivity contribution in [3.05, 3.63) is 69.8 Å². The van der Waals surface area contributed by atoms with Crippen LogP contribution >= 0.6 is 0 Å². The van der Waals surface area contributed by atoms with E-state index in [2.05, 4.69) is 119 Å². The van der Waals surface area contributed by atoms with Gasteiger partial charge >= 0.3 is 0 Å². The van der Waals surface area contributed by atoms with Crippen LogP contribution in [0.3, 0.4) is 0 Å². The highest BCUT2D eigenvalue weighted by Crippen LogP contribution is 2.33. The van der Waals surface area contributed by atoms with E-state index in [1.165, 1.54) is 33.4 Å². The Labute approximate surface area is 181 Å². The van der Waals surface area contributed by atoms with Crippen molar-refractivity contribution in [2.24, 2.45) is 0 Å². The molecule has 29 heavy (non-hydrogen) atoms. The molecule has 0 nitrogen and oxygen atoms in total. The van der Waals surface area contributed by atoms with Gasteiger partial charge in [-0.25, -0.2) is 0 Å². The molecule has 159 valence electrons. The van der Waals surface area contributed by atoms with E-state index in [1.807, 2.05) is 0 Å². The van der Waals surface area contributed by atoms with Crippen LogP contribution in [0, 0.1) is 6.07 Å². The molecule has 0 saturated heterocycles.